The minimum atomic E-state index is -0.953. The van der Waals surface area contributed by atoms with E-state index in [9.17, 15) is 4.79 Å². The minimum Gasteiger partial charge on any atom is -0.492 e. The Kier molecular flexibility index (Phi) is 6.60. The minimum absolute atomic E-state index is 0.218. The summed E-state index contributed by atoms with van der Waals surface area (Å²) >= 11 is 1.80. The van der Waals surface area contributed by atoms with E-state index in [-0.39, 0.29) is 5.56 Å². The third kappa shape index (κ3) is 5.42. The number of carbonyl (C=O) groups is 1. The van der Waals surface area contributed by atoms with E-state index in [0.717, 1.165) is 18.1 Å². The predicted octanol–water partition coefficient (Wildman–Crippen LogP) is 2.06. The number of nitrogens with zero attached hydrogens (tertiary/aromatic N) is 1. The fourth-order valence-corrected chi connectivity index (χ4v) is 2.23. The van der Waals surface area contributed by atoms with Gasteiger partial charge in [0.2, 0.25) is 0 Å². The first-order valence-corrected chi connectivity index (χ1v) is 6.94. The number of carboxylic acid groups (broad SMARTS) is 1. The van der Waals surface area contributed by atoms with E-state index in [1.165, 1.54) is 0 Å². The molecule has 0 unspecified atom stereocenters. The molecule has 5 heteroatoms. The molecule has 1 rings (SSSR count). The van der Waals surface area contributed by atoms with Crippen LogP contribution in [0, 0.1) is 0 Å². The van der Waals surface area contributed by atoms with Gasteiger partial charge >= 0.3 is 5.97 Å². The Balaban J connectivity index is 2.29. The first-order chi connectivity index (χ1) is 8.61. The zero-order valence-corrected chi connectivity index (χ0v) is 11.6. The molecule has 0 aromatic heterocycles. The molecule has 0 aliphatic carbocycles. The molecule has 0 atom stereocenters. The van der Waals surface area contributed by atoms with Crippen molar-refractivity contribution in [3.63, 3.8) is 0 Å². The monoisotopic (exact) mass is 269 g/mol. The molecule has 0 spiro atoms. The SMILES string of the molecule is CN(C)CCSCCOc1ccccc1C(=O)O. The van der Waals surface area contributed by atoms with Crippen LogP contribution in [-0.4, -0.2) is 54.7 Å². The van der Waals surface area contributed by atoms with E-state index in [2.05, 4.69) is 4.90 Å². The average molecular weight is 269 g/mol. The summed E-state index contributed by atoms with van der Waals surface area (Å²) in [6, 6.07) is 6.72. The van der Waals surface area contributed by atoms with Gasteiger partial charge in [0.1, 0.15) is 11.3 Å². The average Bonchev–Trinajstić information content (AvgIpc) is 2.33. The van der Waals surface area contributed by atoms with Gasteiger partial charge in [-0.15, -0.1) is 0 Å². The Labute approximate surface area is 112 Å². The zero-order valence-electron chi connectivity index (χ0n) is 10.8. The molecule has 0 heterocycles. The van der Waals surface area contributed by atoms with Crippen molar-refractivity contribution in [2.24, 2.45) is 0 Å². The summed E-state index contributed by atoms with van der Waals surface area (Å²) in [5, 5.41) is 8.98. The Morgan fingerprint density at radius 3 is 2.72 bits per heavy atom. The highest BCUT2D eigenvalue weighted by Gasteiger charge is 2.09. The van der Waals surface area contributed by atoms with Crippen LogP contribution < -0.4 is 4.74 Å². The number of carboxylic acids is 1. The number of ether oxygens (including phenoxy) is 1. The Morgan fingerprint density at radius 2 is 2.06 bits per heavy atom. The number of thioether (sulfide) groups is 1. The van der Waals surface area contributed by atoms with Crippen LogP contribution in [0.1, 0.15) is 10.4 Å². The van der Waals surface area contributed by atoms with Gasteiger partial charge in [0.25, 0.3) is 0 Å². The maximum atomic E-state index is 10.9. The van der Waals surface area contributed by atoms with Crippen molar-refractivity contribution >= 4 is 17.7 Å². The number of para-hydroxylation sites is 1. The molecule has 0 aliphatic heterocycles. The second-order valence-corrected chi connectivity index (χ2v) is 5.29. The summed E-state index contributed by atoms with van der Waals surface area (Å²) < 4.78 is 5.49. The van der Waals surface area contributed by atoms with Crippen LogP contribution in [-0.2, 0) is 0 Å². The van der Waals surface area contributed by atoms with E-state index in [1.54, 1.807) is 36.0 Å². The highest BCUT2D eigenvalue weighted by atomic mass is 32.2. The van der Waals surface area contributed by atoms with Crippen LogP contribution in [0.15, 0.2) is 24.3 Å². The molecule has 0 amide bonds. The van der Waals surface area contributed by atoms with Gasteiger partial charge in [0.15, 0.2) is 0 Å². The number of hydrogen-bond donors (Lipinski definition) is 1. The molecule has 18 heavy (non-hydrogen) atoms. The van der Waals surface area contributed by atoms with Crippen molar-refractivity contribution in [1.29, 1.82) is 0 Å². The van der Waals surface area contributed by atoms with Crippen LogP contribution in [0.5, 0.6) is 5.75 Å². The molecule has 0 saturated carbocycles. The van der Waals surface area contributed by atoms with Gasteiger partial charge in [-0.1, -0.05) is 12.1 Å². The molecule has 1 N–H and O–H groups in total. The molecular formula is C13H19NO3S. The van der Waals surface area contributed by atoms with E-state index in [4.69, 9.17) is 9.84 Å². The van der Waals surface area contributed by atoms with E-state index < -0.39 is 5.97 Å². The molecule has 0 radical (unpaired) electrons. The molecule has 0 aliphatic rings. The van der Waals surface area contributed by atoms with Crippen molar-refractivity contribution in [2.45, 2.75) is 0 Å². The topological polar surface area (TPSA) is 49.8 Å². The lowest BCUT2D eigenvalue weighted by molar-refractivity contribution is 0.0692. The molecule has 1 aromatic rings. The van der Waals surface area contributed by atoms with Crippen molar-refractivity contribution in [3.05, 3.63) is 29.8 Å². The smallest absolute Gasteiger partial charge is 0.339 e. The predicted molar refractivity (Wildman–Crippen MR) is 74.8 cm³/mol. The van der Waals surface area contributed by atoms with Gasteiger partial charge in [-0.2, -0.15) is 11.8 Å². The fraction of sp³-hybridized carbons (Fsp3) is 0.462. The molecule has 100 valence electrons. The highest BCUT2D eigenvalue weighted by molar-refractivity contribution is 7.99. The largest absolute Gasteiger partial charge is 0.492 e. The van der Waals surface area contributed by atoms with Crippen molar-refractivity contribution < 1.29 is 14.6 Å². The second-order valence-electron chi connectivity index (χ2n) is 4.07. The van der Waals surface area contributed by atoms with Gasteiger partial charge in [0.05, 0.1) is 6.61 Å². The lowest BCUT2D eigenvalue weighted by Crippen LogP contribution is -2.15. The standard InChI is InChI=1S/C13H19NO3S/c1-14(2)7-9-18-10-8-17-12-6-4-3-5-11(12)13(15)16/h3-6H,7-10H2,1-2H3,(H,15,16). The zero-order chi connectivity index (χ0) is 13.4. The van der Waals surface area contributed by atoms with E-state index >= 15 is 0 Å². The van der Waals surface area contributed by atoms with Gasteiger partial charge in [-0.05, 0) is 26.2 Å². The fourth-order valence-electron chi connectivity index (χ4n) is 1.33. The Bertz CT molecular complexity index is 382. The van der Waals surface area contributed by atoms with Crippen LogP contribution >= 0.6 is 11.8 Å². The third-order valence-electron chi connectivity index (χ3n) is 2.29. The number of rotatable bonds is 8. The first-order valence-electron chi connectivity index (χ1n) is 5.79. The van der Waals surface area contributed by atoms with Crippen LogP contribution in [0.4, 0.5) is 0 Å². The van der Waals surface area contributed by atoms with Crippen LogP contribution in [0.25, 0.3) is 0 Å². The molecule has 0 fully saturated rings. The summed E-state index contributed by atoms with van der Waals surface area (Å²) in [7, 11) is 4.08. The third-order valence-corrected chi connectivity index (χ3v) is 3.21. The second kappa shape index (κ2) is 8.00. The highest BCUT2D eigenvalue weighted by Crippen LogP contribution is 2.18. The van der Waals surface area contributed by atoms with Gasteiger partial charge in [0, 0.05) is 18.1 Å². The van der Waals surface area contributed by atoms with Crippen LogP contribution in [0.2, 0.25) is 0 Å². The summed E-state index contributed by atoms with van der Waals surface area (Å²) in [4.78, 5) is 13.1. The van der Waals surface area contributed by atoms with Crippen molar-refractivity contribution in [2.75, 3.05) is 38.8 Å². The van der Waals surface area contributed by atoms with E-state index in [1.807, 2.05) is 14.1 Å². The Hall–Kier alpha value is -1.20. The maximum absolute atomic E-state index is 10.9. The lowest BCUT2D eigenvalue weighted by atomic mass is 10.2. The van der Waals surface area contributed by atoms with Gasteiger partial charge < -0.3 is 14.7 Å². The van der Waals surface area contributed by atoms with Crippen molar-refractivity contribution in [1.82, 2.24) is 4.90 Å². The molecule has 1 aromatic carbocycles. The quantitative estimate of drug-likeness (QED) is 0.732. The van der Waals surface area contributed by atoms with Crippen LogP contribution in [0.3, 0.4) is 0 Å². The van der Waals surface area contributed by atoms with Gasteiger partial charge in [-0.25, -0.2) is 4.79 Å². The van der Waals surface area contributed by atoms with E-state index in [0.29, 0.717) is 12.4 Å². The maximum Gasteiger partial charge on any atom is 0.339 e. The molecule has 0 saturated heterocycles. The van der Waals surface area contributed by atoms with Gasteiger partial charge in [-0.3, -0.25) is 0 Å². The molecule has 4 nitrogen and oxygen atoms in total. The number of aromatic carboxylic acids is 1. The normalized spacial score (nSPS) is 10.6. The molecular weight excluding hydrogens is 250 g/mol. The summed E-state index contributed by atoms with van der Waals surface area (Å²) in [6.07, 6.45) is 0. The van der Waals surface area contributed by atoms with Crippen molar-refractivity contribution in [3.8, 4) is 5.75 Å². The summed E-state index contributed by atoms with van der Waals surface area (Å²) in [6.45, 7) is 1.57. The summed E-state index contributed by atoms with van der Waals surface area (Å²) in [5.74, 6) is 1.41. The lowest BCUT2D eigenvalue weighted by Gasteiger charge is -2.10. The Morgan fingerprint density at radius 1 is 1.33 bits per heavy atom. The number of benzene rings is 1. The molecule has 0 bridgehead atoms. The summed E-state index contributed by atoms with van der Waals surface area (Å²) in [5.41, 5.74) is 0.218. The first kappa shape index (κ1) is 14.9. The number of hydrogen-bond acceptors (Lipinski definition) is 4.